The number of carbonyl (C=O) groups excluding carboxylic acids is 2. The minimum Gasteiger partial charge on any atom is -0.484 e. The molecule has 2 aromatic heterocycles. The number of fused-ring (bicyclic) bond motifs is 1. The first-order valence-electron chi connectivity index (χ1n) is 10.8. The fourth-order valence-electron chi connectivity index (χ4n) is 3.29. The lowest BCUT2D eigenvalue weighted by Crippen LogP contribution is -2.34. The van der Waals surface area contributed by atoms with Crippen LogP contribution in [0, 0.1) is 0 Å². The van der Waals surface area contributed by atoms with Crippen molar-refractivity contribution < 1.29 is 14.3 Å². The maximum atomic E-state index is 11.9. The lowest BCUT2D eigenvalue weighted by molar-refractivity contribution is -0.123. The third-order valence-electron chi connectivity index (χ3n) is 4.68. The number of rotatable bonds is 8. The van der Waals surface area contributed by atoms with Crippen LogP contribution >= 0.6 is 11.3 Å². The van der Waals surface area contributed by atoms with E-state index in [0.29, 0.717) is 17.4 Å². The number of carbonyl (C=O) groups is 2. The van der Waals surface area contributed by atoms with Crippen molar-refractivity contribution in [3.8, 4) is 17.1 Å². The van der Waals surface area contributed by atoms with Gasteiger partial charge in [0.05, 0.1) is 10.2 Å². The SMILES string of the molecule is CC(=O)Nc1ccc(Nc2nc(-c3cccc(OCC(=O)NC(C)C)c3)nc3ccsc23)cc1. The van der Waals surface area contributed by atoms with Crippen LogP contribution < -0.4 is 20.7 Å². The summed E-state index contributed by atoms with van der Waals surface area (Å²) in [6.07, 6.45) is 0. The fourth-order valence-corrected chi connectivity index (χ4v) is 4.07. The van der Waals surface area contributed by atoms with E-state index in [1.807, 2.05) is 67.8 Å². The number of nitrogens with one attached hydrogen (secondary N) is 3. The Morgan fingerprint density at radius 3 is 2.53 bits per heavy atom. The molecule has 3 N–H and O–H groups in total. The molecule has 0 radical (unpaired) electrons. The molecule has 0 saturated heterocycles. The molecule has 0 aliphatic heterocycles. The smallest absolute Gasteiger partial charge is 0.258 e. The van der Waals surface area contributed by atoms with E-state index in [4.69, 9.17) is 14.7 Å². The summed E-state index contributed by atoms with van der Waals surface area (Å²) in [5, 5.41) is 10.9. The summed E-state index contributed by atoms with van der Waals surface area (Å²) in [5.41, 5.74) is 3.16. The summed E-state index contributed by atoms with van der Waals surface area (Å²) in [5.74, 6) is 1.50. The predicted octanol–water partition coefficient (Wildman–Crippen LogP) is 4.96. The number of nitrogens with zero attached hydrogens (tertiary/aromatic N) is 2. The first kappa shape index (κ1) is 23.2. The first-order valence-corrected chi connectivity index (χ1v) is 11.7. The number of hydrogen-bond acceptors (Lipinski definition) is 7. The van der Waals surface area contributed by atoms with E-state index in [2.05, 4.69) is 16.0 Å². The largest absolute Gasteiger partial charge is 0.484 e. The molecule has 0 fully saturated rings. The quantitative estimate of drug-likeness (QED) is 0.333. The molecule has 0 bridgehead atoms. The van der Waals surface area contributed by atoms with E-state index in [9.17, 15) is 9.59 Å². The zero-order valence-corrected chi connectivity index (χ0v) is 19.9. The molecule has 8 nitrogen and oxygen atoms in total. The van der Waals surface area contributed by atoms with E-state index in [1.54, 1.807) is 17.4 Å². The Bertz CT molecular complexity index is 1320. The topological polar surface area (TPSA) is 105 Å². The van der Waals surface area contributed by atoms with Crippen molar-refractivity contribution in [1.82, 2.24) is 15.3 Å². The molecule has 4 rings (SSSR count). The molecule has 0 atom stereocenters. The normalized spacial score (nSPS) is 10.8. The van der Waals surface area contributed by atoms with Crippen molar-refractivity contribution in [3.63, 3.8) is 0 Å². The molecule has 0 unspecified atom stereocenters. The molecule has 0 spiro atoms. The number of benzene rings is 2. The molecule has 0 aliphatic carbocycles. The Morgan fingerprint density at radius 2 is 1.79 bits per heavy atom. The molecule has 2 amide bonds. The highest BCUT2D eigenvalue weighted by Gasteiger charge is 2.13. The van der Waals surface area contributed by atoms with Gasteiger partial charge in [-0.05, 0) is 61.7 Å². The Hall–Kier alpha value is -3.98. The van der Waals surface area contributed by atoms with Crippen molar-refractivity contribution in [2.75, 3.05) is 17.2 Å². The summed E-state index contributed by atoms with van der Waals surface area (Å²) in [6.45, 7) is 5.22. The van der Waals surface area contributed by atoms with Crippen molar-refractivity contribution in [2.24, 2.45) is 0 Å². The second kappa shape index (κ2) is 10.3. The third-order valence-corrected chi connectivity index (χ3v) is 5.59. The number of anilines is 3. The molecule has 9 heteroatoms. The zero-order chi connectivity index (χ0) is 24.1. The number of thiophene rings is 1. The lowest BCUT2D eigenvalue weighted by Gasteiger charge is -2.12. The van der Waals surface area contributed by atoms with Gasteiger partial charge < -0.3 is 20.7 Å². The molecule has 0 aliphatic rings. The highest BCUT2D eigenvalue weighted by atomic mass is 32.1. The lowest BCUT2D eigenvalue weighted by atomic mass is 10.2. The predicted molar refractivity (Wildman–Crippen MR) is 136 cm³/mol. The minimum atomic E-state index is -0.174. The summed E-state index contributed by atoms with van der Waals surface area (Å²) in [4.78, 5) is 32.6. The molecular weight excluding hydrogens is 450 g/mol. The fraction of sp³-hybridized carbons (Fsp3) is 0.200. The molecule has 4 aromatic rings. The van der Waals surface area contributed by atoms with Crippen LogP contribution in [0.3, 0.4) is 0 Å². The standard InChI is InChI=1S/C25H25N5O3S/c1-15(2)26-22(32)14-33-20-6-4-5-17(13-20)24-29-21-11-12-34-23(21)25(30-24)28-19-9-7-18(8-10-19)27-16(3)31/h4-13,15H,14H2,1-3H3,(H,26,32)(H,27,31)(H,28,29,30). The highest BCUT2D eigenvalue weighted by molar-refractivity contribution is 7.17. The van der Waals surface area contributed by atoms with Crippen LogP contribution in [0.4, 0.5) is 17.2 Å². The average Bonchev–Trinajstić information content (AvgIpc) is 3.27. The van der Waals surface area contributed by atoms with E-state index >= 15 is 0 Å². The van der Waals surface area contributed by atoms with Crippen LogP contribution in [-0.4, -0.2) is 34.4 Å². The van der Waals surface area contributed by atoms with Crippen LogP contribution in [0.1, 0.15) is 20.8 Å². The Morgan fingerprint density at radius 1 is 1.03 bits per heavy atom. The molecule has 174 valence electrons. The van der Waals surface area contributed by atoms with Gasteiger partial charge >= 0.3 is 0 Å². The number of hydrogen-bond donors (Lipinski definition) is 3. The third kappa shape index (κ3) is 5.87. The average molecular weight is 476 g/mol. The van der Waals surface area contributed by atoms with Crippen molar-refractivity contribution in [2.45, 2.75) is 26.8 Å². The summed E-state index contributed by atoms with van der Waals surface area (Å²) in [6, 6.07) is 16.8. The van der Waals surface area contributed by atoms with Gasteiger partial charge in [-0.1, -0.05) is 12.1 Å². The van der Waals surface area contributed by atoms with Crippen LogP contribution in [-0.2, 0) is 9.59 Å². The molecule has 2 heterocycles. The number of amides is 2. The summed E-state index contributed by atoms with van der Waals surface area (Å²) in [7, 11) is 0. The van der Waals surface area contributed by atoms with E-state index < -0.39 is 0 Å². The van der Waals surface area contributed by atoms with Crippen LogP contribution in [0.25, 0.3) is 21.6 Å². The van der Waals surface area contributed by atoms with Gasteiger partial charge in [0.15, 0.2) is 18.2 Å². The Kier molecular flexibility index (Phi) is 7.03. The zero-order valence-electron chi connectivity index (χ0n) is 19.1. The van der Waals surface area contributed by atoms with Gasteiger partial charge in [0.1, 0.15) is 5.75 Å². The molecular formula is C25H25N5O3S. The van der Waals surface area contributed by atoms with Crippen molar-refractivity contribution in [3.05, 3.63) is 60.0 Å². The second-order valence-corrected chi connectivity index (χ2v) is 8.87. The monoisotopic (exact) mass is 475 g/mol. The van der Waals surface area contributed by atoms with Crippen LogP contribution in [0.5, 0.6) is 5.75 Å². The maximum absolute atomic E-state index is 11.9. The van der Waals surface area contributed by atoms with Gasteiger partial charge in [-0.3, -0.25) is 9.59 Å². The number of ether oxygens (including phenoxy) is 1. The van der Waals surface area contributed by atoms with Gasteiger partial charge in [0.25, 0.3) is 5.91 Å². The maximum Gasteiger partial charge on any atom is 0.258 e. The first-order chi connectivity index (χ1) is 16.4. The number of aromatic nitrogens is 2. The molecule has 0 saturated carbocycles. The van der Waals surface area contributed by atoms with Gasteiger partial charge in [-0.25, -0.2) is 9.97 Å². The van der Waals surface area contributed by atoms with Crippen molar-refractivity contribution >= 4 is 50.6 Å². The van der Waals surface area contributed by atoms with Gasteiger partial charge in [-0.2, -0.15) is 0 Å². The van der Waals surface area contributed by atoms with E-state index in [-0.39, 0.29) is 24.5 Å². The molecule has 2 aromatic carbocycles. The van der Waals surface area contributed by atoms with Gasteiger partial charge in [0.2, 0.25) is 5.91 Å². The van der Waals surface area contributed by atoms with Crippen LogP contribution in [0.15, 0.2) is 60.0 Å². The van der Waals surface area contributed by atoms with E-state index in [0.717, 1.165) is 27.2 Å². The van der Waals surface area contributed by atoms with Crippen LogP contribution in [0.2, 0.25) is 0 Å². The molecule has 34 heavy (non-hydrogen) atoms. The van der Waals surface area contributed by atoms with Gasteiger partial charge in [-0.15, -0.1) is 11.3 Å². The highest BCUT2D eigenvalue weighted by Crippen LogP contribution is 2.32. The Balaban J connectivity index is 1.57. The summed E-state index contributed by atoms with van der Waals surface area (Å²) < 4.78 is 6.59. The Labute approximate surface area is 201 Å². The second-order valence-electron chi connectivity index (χ2n) is 7.95. The minimum absolute atomic E-state index is 0.0562. The summed E-state index contributed by atoms with van der Waals surface area (Å²) >= 11 is 1.55. The van der Waals surface area contributed by atoms with E-state index in [1.165, 1.54) is 6.92 Å². The van der Waals surface area contributed by atoms with Crippen molar-refractivity contribution in [1.29, 1.82) is 0 Å². The van der Waals surface area contributed by atoms with Gasteiger partial charge in [0, 0.05) is 29.9 Å².